The zero-order valence-electron chi connectivity index (χ0n) is 7.33. The molecule has 0 aliphatic rings. The van der Waals surface area contributed by atoms with Crippen molar-refractivity contribution in [1.82, 2.24) is 0 Å². The van der Waals surface area contributed by atoms with E-state index in [2.05, 4.69) is 4.74 Å². The number of nitriles is 1. The number of ether oxygens (including phenoxy) is 2. The summed E-state index contributed by atoms with van der Waals surface area (Å²) in [7, 11) is 1.31. The maximum Gasteiger partial charge on any atom is 0.387 e. The highest BCUT2D eigenvalue weighted by Crippen LogP contribution is 2.28. The van der Waals surface area contributed by atoms with Gasteiger partial charge in [0.25, 0.3) is 0 Å². The lowest BCUT2D eigenvalue weighted by atomic mass is 10.2. The third-order valence-corrected chi connectivity index (χ3v) is 1.51. The van der Waals surface area contributed by atoms with Gasteiger partial charge in [0.2, 0.25) is 0 Å². The van der Waals surface area contributed by atoms with Crippen LogP contribution >= 0.6 is 0 Å². The minimum absolute atomic E-state index is 0.0819. The third kappa shape index (κ3) is 2.33. The van der Waals surface area contributed by atoms with Gasteiger partial charge in [-0.15, -0.1) is 0 Å². The molecular weight excluding hydrogens is 192 g/mol. The minimum atomic E-state index is -2.91. The Morgan fingerprint density at radius 2 is 2.07 bits per heavy atom. The van der Waals surface area contributed by atoms with Crippen molar-refractivity contribution in [3.63, 3.8) is 0 Å². The summed E-state index contributed by atoms with van der Waals surface area (Å²) in [6, 6.07) is 5.83. The first-order valence-electron chi connectivity index (χ1n) is 3.70. The molecule has 0 atom stereocenters. The number of methoxy groups -OCH3 is 1. The number of hydrogen-bond donors (Lipinski definition) is 0. The third-order valence-electron chi connectivity index (χ3n) is 1.51. The monoisotopic (exact) mass is 199 g/mol. The van der Waals surface area contributed by atoms with E-state index < -0.39 is 6.61 Å². The van der Waals surface area contributed by atoms with Crippen molar-refractivity contribution < 1.29 is 18.3 Å². The molecule has 0 spiro atoms. The number of rotatable bonds is 3. The Labute approximate surface area is 79.5 Å². The summed E-state index contributed by atoms with van der Waals surface area (Å²) >= 11 is 0. The summed E-state index contributed by atoms with van der Waals surface area (Å²) < 4.78 is 32.7. The highest BCUT2D eigenvalue weighted by atomic mass is 19.3. The molecule has 0 saturated carbocycles. The zero-order valence-corrected chi connectivity index (χ0v) is 7.33. The minimum Gasteiger partial charge on any atom is -0.493 e. The fourth-order valence-corrected chi connectivity index (χ4v) is 0.930. The van der Waals surface area contributed by atoms with Crippen molar-refractivity contribution in [2.75, 3.05) is 7.11 Å². The summed E-state index contributed by atoms with van der Waals surface area (Å²) in [5.41, 5.74) is 0.323. The molecule has 74 valence electrons. The molecule has 0 amide bonds. The molecule has 0 aliphatic carbocycles. The molecular formula is C9H7F2NO2. The van der Waals surface area contributed by atoms with E-state index in [1.54, 1.807) is 0 Å². The van der Waals surface area contributed by atoms with Crippen molar-refractivity contribution in [2.45, 2.75) is 6.61 Å². The molecule has 0 fully saturated rings. The highest BCUT2D eigenvalue weighted by molar-refractivity contribution is 5.46. The molecule has 0 N–H and O–H groups in total. The quantitative estimate of drug-likeness (QED) is 0.749. The molecule has 5 heteroatoms. The lowest BCUT2D eigenvalue weighted by molar-refractivity contribution is -0.0512. The van der Waals surface area contributed by atoms with Crippen molar-refractivity contribution in [2.24, 2.45) is 0 Å². The Bertz CT molecular complexity index is 360. The predicted molar refractivity (Wildman–Crippen MR) is 44.3 cm³/mol. The van der Waals surface area contributed by atoms with Crippen LogP contribution in [0.5, 0.6) is 11.5 Å². The van der Waals surface area contributed by atoms with Gasteiger partial charge in [-0.05, 0) is 12.1 Å². The standard InChI is InChI=1S/C9H7F2NO2/c1-13-8-4-6(5-12)2-3-7(8)14-9(10)11/h2-4,9H,1H3. The van der Waals surface area contributed by atoms with E-state index in [9.17, 15) is 8.78 Å². The normalized spacial score (nSPS) is 9.64. The second-order valence-corrected chi connectivity index (χ2v) is 2.36. The van der Waals surface area contributed by atoms with E-state index >= 15 is 0 Å². The molecule has 1 aromatic carbocycles. The van der Waals surface area contributed by atoms with E-state index in [4.69, 9.17) is 10.00 Å². The first kappa shape index (κ1) is 10.3. The van der Waals surface area contributed by atoms with Crippen LogP contribution in [0, 0.1) is 11.3 Å². The van der Waals surface area contributed by atoms with Crippen LogP contribution in [0.2, 0.25) is 0 Å². The van der Waals surface area contributed by atoms with Gasteiger partial charge >= 0.3 is 6.61 Å². The van der Waals surface area contributed by atoms with Crippen LogP contribution in [0.4, 0.5) is 8.78 Å². The van der Waals surface area contributed by atoms with E-state index in [0.29, 0.717) is 5.56 Å². The van der Waals surface area contributed by atoms with Gasteiger partial charge in [0, 0.05) is 6.07 Å². The second-order valence-electron chi connectivity index (χ2n) is 2.36. The van der Waals surface area contributed by atoms with E-state index in [1.165, 1.54) is 25.3 Å². The van der Waals surface area contributed by atoms with Crippen LogP contribution in [-0.2, 0) is 0 Å². The molecule has 1 rings (SSSR count). The number of hydrogen-bond acceptors (Lipinski definition) is 3. The van der Waals surface area contributed by atoms with Crippen molar-refractivity contribution in [3.8, 4) is 17.6 Å². The summed E-state index contributed by atoms with van der Waals surface area (Å²) in [6.45, 7) is -2.91. The number of nitrogens with zero attached hydrogens (tertiary/aromatic N) is 1. The summed E-state index contributed by atoms with van der Waals surface area (Å²) in [5.74, 6) is 0.0332. The van der Waals surface area contributed by atoms with Gasteiger partial charge in [0.05, 0.1) is 18.7 Å². The van der Waals surface area contributed by atoms with Gasteiger partial charge in [-0.25, -0.2) is 0 Å². The molecule has 0 aliphatic heterocycles. The smallest absolute Gasteiger partial charge is 0.387 e. The lowest BCUT2D eigenvalue weighted by Gasteiger charge is -2.09. The lowest BCUT2D eigenvalue weighted by Crippen LogP contribution is -2.03. The topological polar surface area (TPSA) is 42.2 Å². The Morgan fingerprint density at radius 3 is 2.57 bits per heavy atom. The molecule has 0 unspecified atom stereocenters. The van der Waals surface area contributed by atoms with Gasteiger partial charge in [-0.2, -0.15) is 14.0 Å². The average molecular weight is 199 g/mol. The zero-order chi connectivity index (χ0) is 10.6. The van der Waals surface area contributed by atoms with Crippen LogP contribution in [-0.4, -0.2) is 13.7 Å². The molecule has 14 heavy (non-hydrogen) atoms. The fourth-order valence-electron chi connectivity index (χ4n) is 0.930. The van der Waals surface area contributed by atoms with Crippen molar-refractivity contribution in [1.29, 1.82) is 5.26 Å². The molecule has 3 nitrogen and oxygen atoms in total. The van der Waals surface area contributed by atoms with Gasteiger partial charge in [-0.1, -0.05) is 0 Å². The van der Waals surface area contributed by atoms with Gasteiger partial charge in [-0.3, -0.25) is 0 Å². The molecule has 0 aromatic heterocycles. The second kappa shape index (κ2) is 4.42. The van der Waals surface area contributed by atoms with E-state index in [0.717, 1.165) is 0 Å². The SMILES string of the molecule is COc1cc(C#N)ccc1OC(F)F. The van der Waals surface area contributed by atoms with Crippen molar-refractivity contribution >= 4 is 0 Å². The van der Waals surface area contributed by atoms with Crippen molar-refractivity contribution in [3.05, 3.63) is 23.8 Å². The maximum absolute atomic E-state index is 11.9. The van der Waals surface area contributed by atoms with Gasteiger partial charge in [0.1, 0.15) is 0 Å². The average Bonchev–Trinajstić information content (AvgIpc) is 2.17. The Balaban J connectivity index is 3.00. The summed E-state index contributed by atoms with van der Waals surface area (Å²) in [5, 5.41) is 8.54. The van der Waals surface area contributed by atoms with Crippen LogP contribution in [0.15, 0.2) is 18.2 Å². The molecule has 1 aromatic rings. The summed E-state index contributed by atoms with van der Waals surface area (Å²) in [6.07, 6.45) is 0. The van der Waals surface area contributed by atoms with Crippen LogP contribution < -0.4 is 9.47 Å². The Hall–Kier alpha value is -1.83. The molecule has 0 heterocycles. The van der Waals surface area contributed by atoms with Crippen LogP contribution in [0.3, 0.4) is 0 Å². The first-order valence-corrected chi connectivity index (χ1v) is 3.70. The molecule has 0 bridgehead atoms. The highest BCUT2D eigenvalue weighted by Gasteiger charge is 2.10. The number of benzene rings is 1. The number of halogens is 2. The molecule has 0 saturated heterocycles. The summed E-state index contributed by atoms with van der Waals surface area (Å²) in [4.78, 5) is 0. The van der Waals surface area contributed by atoms with Gasteiger partial charge in [0.15, 0.2) is 11.5 Å². The first-order chi connectivity index (χ1) is 6.67. The van der Waals surface area contributed by atoms with Gasteiger partial charge < -0.3 is 9.47 Å². The van der Waals surface area contributed by atoms with Crippen LogP contribution in [0.25, 0.3) is 0 Å². The van der Waals surface area contributed by atoms with E-state index in [-0.39, 0.29) is 11.5 Å². The predicted octanol–water partition coefficient (Wildman–Crippen LogP) is 2.17. The largest absolute Gasteiger partial charge is 0.493 e. The van der Waals surface area contributed by atoms with E-state index in [1.807, 2.05) is 6.07 Å². The molecule has 0 radical (unpaired) electrons. The number of alkyl halides is 2. The Morgan fingerprint density at radius 1 is 1.36 bits per heavy atom. The fraction of sp³-hybridized carbons (Fsp3) is 0.222. The Kier molecular flexibility index (Phi) is 3.24. The van der Waals surface area contributed by atoms with Crippen LogP contribution in [0.1, 0.15) is 5.56 Å². The maximum atomic E-state index is 11.9.